The first-order valence-electron chi connectivity index (χ1n) is 12.6. The lowest BCUT2D eigenvalue weighted by Crippen LogP contribution is -2.47. The number of nitrogens with one attached hydrogen (secondary N) is 1. The number of nitrogens with zero attached hydrogens (tertiary/aromatic N) is 8. The summed E-state index contributed by atoms with van der Waals surface area (Å²) in [5, 5.41) is 7.09. The van der Waals surface area contributed by atoms with E-state index in [1.807, 2.05) is 4.90 Å². The number of anilines is 3. The van der Waals surface area contributed by atoms with Crippen molar-refractivity contribution in [3.05, 3.63) is 52.4 Å². The molecule has 2 aliphatic heterocycles. The van der Waals surface area contributed by atoms with Crippen molar-refractivity contribution in [1.82, 2.24) is 33.6 Å². The summed E-state index contributed by atoms with van der Waals surface area (Å²) in [5.74, 6) is 0.491. The molecule has 0 bridgehead atoms. The van der Waals surface area contributed by atoms with Gasteiger partial charge in [-0.05, 0) is 29.8 Å². The highest BCUT2D eigenvalue weighted by atomic mass is 19.1. The number of imidazole rings is 1. The maximum absolute atomic E-state index is 14.8. The highest BCUT2D eigenvalue weighted by Gasteiger charge is 2.26. The minimum atomic E-state index is -0.342. The number of aryl methyl sites for hydroxylation is 1. The molecule has 39 heavy (non-hydrogen) atoms. The van der Waals surface area contributed by atoms with Gasteiger partial charge in [-0.2, -0.15) is 9.50 Å². The van der Waals surface area contributed by atoms with Crippen molar-refractivity contribution in [3.8, 4) is 11.6 Å². The molecule has 1 aromatic carbocycles. The van der Waals surface area contributed by atoms with Crippen LogP contribution in [0.4, 0.5) is 21.7 Å². The highest BCUT2D eigenvalue weighted by molar-refractivity contribution is 5.99. The van der Waals surface area contributed by atoms with Crippen molar-refractivity contribution in [2.75, 3.05) is 48.7 Å². The lowest BCUT2D eigenvalue weighted by atomic mass is 10.1. The molecule has 0 saturated carbocycles. The number of halogens is 1. The third kappa shape index (κ3) is 3.74. The van der Waals surface area contributed by atoms with Crippen LogP contribution in [0, 0.1) is 5.82 Å². The number of nitrogen functional groups attached to an aromatic ring is 1. The molecule has 0 radical (unpaired) electrons. The van der Waals surface area contributed by atoms with Crippen LogP contribution in [-0.2, 0) is 24.8 Å². The Balaban J connectivity index is 1.10. The summed E-state index contributed by atoms with van der Waals surface area (Å²) in [6.45, 7) is 3.66. The summed E-state index contributed by atoms with van der Waals surface area (Å²) < 4.78 is 24.7. The maximum atomic E-state index is 14.8. The summed E-state index contributed by atoms with van der Waals surface area (Å²) in [6, 6.07) is 6.66. The van der Waals surface area contributed by atoms with Gasteiger partial charge in [0.15, 0.2) is 17.1 Å². The predicted molar refractivity (Wildman–Crippen MR) is 141 cm³/mol. The molecule has 4 aromatic heterocycles. The zero-order valence-corrected chi connectivity index (χ0v) is 21.1. The summed E-state index contributed by atoms with van der Waals surface area (Å²) in [5.41, 5.74) is 9.25. The second kappa shape index (κ2) is 8.66. The van der Waals surface area contributed by atoms with E-state index in [9.17, 15) is 14.0 Å². The van der Waals surface area contributed by atoms with Crippen LogP contribution in [0.5, 0.6) is 0 Å². The summed E-state index contributed by atoms with van der Waals surface area (Å²) in [4.78, 5) is 38.2. The Morgan fingerprint density at radius 2 is 1.92 bits per heavy atom. The first-order valence-corrected chi connectivity index (χ1v) is 12.6. The number of fused-ring (bicyclic) bond motifs is 4. The topological polar surface area (TPSA) is 145 Å². The van der Waals surface area contributed by atoms with Gasteiger partial charge in [0.25, 0.3) is 0 Å². The van der Waals surface area contributed by atoms with E-state index >= 15 is 0 Å². The van der Waals surface area contributed by atoms with Crippen molar-refractivity contribution >= 4 is 40.0 Å². The molecule has 6 heterocycles. The summed E-state index contributed by atoms with van der Waals surface area (Å²) >= 11 is 0. The number of furan rings is 1. The van der Waals surface area contributed by atoms with Crippen molar-refractivity contribution in [3.63, 3.8) is 0 Å². The molecule has 3 N–H and O–H groups in total. The average molecular weight is 533 g/mol. The summed E-state index contributed by atoms with van der Waals surface area (Å²) in [7, 11) is 1.67. The van der Waals surface area contributed by atoms with E-state index in [4.69, 9.17) is 10.2 Å². The summed E-state index contributed by atoms with van der Waals surface area (Å²) in [6.07, 6.45) is 1.80. The SMILES string of the molecule is Cn1c(=O)n(CCN2CCN(c3cc4c(cc3F)NC(=O)C4)CC2)c2nc(N)n3nc(-c4ccco4)nc3c21. The Bertz CT molecular complexity index is 1810. The third-order valence-electron chi connectivity index (χ3n) is 7.47. The molecule has 13 nitrogen and oxygen atoms in total. The fourth-order valence-electron chi connectivity index (χ4n) is 5.43. The lowest BCUT2D eigenvalue weighted by molar-refractivity contribution is -0.115. The normalized spacial score (nSPS) is 15.9. The van der Waals surface area contributed by atoms with Crippen LogP contribution >= 0.6 is 0 Å². The van der Waals surface area contributed by atoms with E-state index in [-0.39, 0.29) is 29.8 Å². The molecule has 7 rings (SSSR count). The van der Waals surface area contributed by atoms with Crippen LogP contribution in [0.3, 0.4) is 0 Å². The highest BCUT2D eigenvalue weighted by Crippen LogP contribution is 2.31. The number of carbonyl (C=O) groups is 1. The molecular formula is C25H25FN10O3. The molecule has 1 saturated heterocycles. The van der Waals surface area contributed by atoms with Gasteiger partial charge in [-0.25, -0.2) is 14.2 Å². The second-order valence-electron chi connectivity index (χ2n) is 9.80. The minimum absolute atomic E-state index is 0.115. The predicted octanol–water partition coefficient (Wildman–Crippen LogP) is 1.08. The molecule has 200 valence electrons. The van der Waals surface area contributed by atoms with E-state index < -0.39 is 0 Å². The fraction of sp³-hybridized carbons (Fsp3) is 0.320. The Kier molecular flexibility index (Phi) is 5.20. The van der Waals surface area contributed by atoms with Gasteiger partial charge in [-0.15, -0.1) is 5.10 Å². The lowest BCUT2D eigenvalue weighted by Gasteiger charge is -2.36. The van der Waals surface area contributed by atoms with Gasteiger partial charge in [-0.1, -0.05) is 0 Å². The Hall–Kier alpha value is -4.72. The number of hydrogen-bond acceptors (Lipinski definition) is 9. The van der Waals surface area contributed by atoms with Gasteiger partial charge < -0.3 is 20.4 Å². The zero-order valence-electron chi connectivity index (χ0n) is 21.1. The third-order valence-corrected chi connectivity index (χ3v) is 7.47. The quantitative estimate of drug-likeness (QED) is 0.340. The number of benzene rings is 1. The number of carbonyl (C=O) groups excluding carboxylic acids is 1. The number of rotatable bonds is 5. The smallest absolute Gasteiger partial charge is 0.330 e. The van der Waals surface area contributed by atoms with Crippen molar-refractivity contribution in [2.24, 2.45) is 7.05 Å². The molecule has 5 aromatic rings. The molecule has 2 aliphatic rings. The first-order chi connectivity index (χ1) is 18.9. The van der Waals surface area contributed by atoms with Gasteiger partial charge in [0.2, 0.25) is 17.7 Å². The van der Waals surface area contributed by atoms with Crippen LogP contribution in [-0.4, -0.2) is 72.2 Å². The molecule has 1 amide bonds. The van der Waals surface area contributed by atoms with Crippen LogP contribution in [0.25, 0.3) is 28.4 Å². The van der Waals surface area contributed by atoms with Gasteiger partial charge in [0, 0.05) is 52.0 Å². The number of aromatic nitrogens is 6. The van der Waals surface area contributed by atoms with Gasteiger partial charge >= 0.3 is 5.69 Å². The van der Waals surface area contributed by atoms with Gasteiger partial charge in [0.05, 0.1) is 18.4 Å². The van der Waals surface area contributed by atoms with Gasteiger partial charge in [0.1, 0.15) is 11.3 Å². The average Bonchev–Trinajstić information content (AvgIpc) is 3.70. The van der Waals surface area contributed by atoms with Crippen molar-refractivity contribution in [2.45, 2.75) is 13.0 Å². The largest absolute Gasteiger partial charge is 0.461 e. The monoisotopic (exact) mass is 532 g/mol. The van der Waals surface area contributed by atoms with E-state index in [0.29, 0.717) is 79.0 Å². The zero-order chi connectivity index (χ0) is 26.8. The molecule has 0 unspecified atom stereocenters. The number of hydrogen-bond donors (Lipinski definition) is 2. The van der Waals surface area contributed by atoms with E-state index in [2.05, 4.69) is 25.3 Å². The Morgan fingerprint density at radius 1 is 1.10 bits per heavy atom. The molecule has 0 spiro atoms. The Labute approximate surface area is 220 Å². The number of amides is 1. The van der Waals surface area contributed by atoms with E-state index in [0.717, 1.165) is 5.56 Å². The number of piperazine rings is 1. The molecular weight excluding hydrogens is 507 g/mol. The number of nitrogens with two attached hydrogens (primary N) is 1. The van der Waals surface area contributed by atoms with Gasteiger partial charge in [-0.3, -0.25) is 18.8 Å². The first kappa shape index (κ1) is 23.4. The molecule has 14 heteroatoms. The van der Waals surface area contributed by atoms with E-state index in [1.165, 1.54) is 21.4 Å². The maximum Gasteiger partial charge on any atom is 0.330 e. The van der Waals surface area contributed by atoms with Crippen molar-refractivity contribution < 1.29 is 13.6 Å². The molecule has 0 atom stereocenters. The van der Waals surface area contributed by atoms with Crippen molar-refractivity contribution in [1.29, 1.82) is 0 Å². The minimum Gasteiger partial charge on any atom is -0.461 e. The fourth-order valence-corrected chi connectivity index (χ4v) is 5.43. The standard InChI is InChI=1S/C25H25FN10O3/c1-32-20-22(30-24(27)36-23(20)29-21(31-36)18-3-2-10-39-18)35(25(32)38)9-6-33-4-7-34(8-5-33)17-11-14-12-19(37)28-16(14)13-15(17)26/h2-3,10-11,13H,4-9,12H2,1H3,(H2,27,30)(H,28,37). The Morgan fingerprint density at radius 3 is 2.69 bits per heavy atom. The van der Waals surface area contributed by atoms with Crippen LogP contribution < -0.4 is 21.6 Å². The molecule has 1 fully saturated rings. The second-order valence-corrected chi connectivity index (χ2v) is 9.80. The van der Waals surface area contributed by atoms with E-state index in [1.54, 1.807) is 29.8 Å². The van der Waals surface area contributed by atoms with Crippen LogP contribution in [0.15, 0.2) is 39.7 Å². The molecule has 0 aliphatic carbocycles. The van der Waals surface area contributed by atoms with Crippen LogP contribution in [0.1, 0.15) is 5.56 Å². The van der Waals surface area contributed by atoms with Crippen LogP contribution in [0.2, 0.25) is 0 Å².